The highest BCUT2D eigenvalue weighted by molar-refractivity contribution is 5.79. The van der Waals surface area contributed by atoms with Gasteiger partial charge in [-0.25, -0.2) is 14.9 Å². The minimum absolute atomic E-state index is 0.0106. The maximum atomic E-state index is 6.57. The average Bonchev–Trinajstić information content (AvgIpc) is 3.00. The fourth-order valence-electron chi connectivity index (χ4n) is 5.13. The van der Waals surface area contributed by atoms with Crippen molar-refractivity contribution in [2.75, 3.05) is 13.7 Å². The van der Waals surface area contributed by atoms with Crippen molar-refractivity contribution in [1.29, 1.82) is 0 Å². The number of hydrogen-bond donors (Lipinski definition) is 1. The molecule has 2 aromatic carbocycles. The van der Waals surface area contributed by atoms with E-state index in [1.165, 1.54) is 5.56 Å². The molecule has 0 aromatic heterocycles. The number of aryl methyl sites for hydroxylation is 1. The van der Waals surface area contributed by atoms with Crippen molar-refractivity contribution >= 4 is 5.96 Å². The van der Waals surface area contributed by atoms with Crippen LogP contribution in [0, 0.1) is 12.8 Å². The fourth-order valence-corrected chi connectivity index (χ4v) is 5.13. The standard InChI is InChI=1S/C25H31N3O3/c1-16-6-5-7-17(12-16)18-8-9-21-20(13-18)25(27-23(26)28(4)31-25)15-22(30-21)19-10-11-29-24(2,3)14-19/h5-9,12-13,19,22H,10-11,14-15H2,1-4H3,(H2,26,27). The van der Waals surface area contributed by atoms with Crippen LogP contribution < -0.4 is 10.5 Å². The molecule has 164 valence electrons. The second-order valence-corrected chi connectivity index (χ2v) is 9.65. The first-order valence-corrected chi connectivity index (χ1v) is 11.1. The van der Waals surface area contributed by atoms with Crippen LogP contribution in [0.3, 0.4) is 0 Å². The molecule has 2 N–H and O–H groups in total. The molecule has 3 heterocycles. The lowest BCUT2D eigenvalue weighted by molar-refractivity contribution is -0.198. The van der Waals surface area contributed by atoms with E-state index in [0.29, 0.717) is 18.3 Å². The quantitative estimate of drug-likeness (QED) is 0.780. The lowest BCUT2D eigenvalue weighted by atomic mass is 9.79. The molecular weight excluding hydrogens is 390 g/mol. The van der Waals surface area contributed by atoms with Gasteiger partial charge in [-0.3, -0.25) is 0 Å². The summed E-state index contributed by atoms with van der Waals surface area (Å²) in [5.74, 6) is 1.58. The molecule has 3 atom stereocenters. The number of fused-ring (bicyclic) bond motifs is 2. The molecule has 0 aliphatic carbocycles. The molecular formula is C25H31N3O3. The van der Waals surface area contributed by atoms with Crippen molar-refractivity contribution in [2.45, 2.75) is 57.5 Å². The predicted molar refractivity (Wildman–Crippen MR) is 121 cm³/mol. The average molecular weight is 422 g/mol. The molecule has 3 aliphatic heterocycles. The third kappa shape index (κ3) is 3.68. The largest absolute Gasteiger partial charge is 0.489 e. The Labute approximate surface area is 184 Å². The van der Waals surface area contributed by atoms with Gasteiger partial charge in [0.15, 0.2) is 0 Å². The Morgan fingerprint density at radius 1 is 1.10 bits per heavy atom. The van der Waals surface area contributed by atoms with Gasteiger partial charge in [-0.15, -0.1) is 0 Å². The Hall–Kier alpha value is -2.57. The van der Waals surface area contributed by atoms with Gasteiger partial charge < -0.3 is 15.2 Å². The van der Waals surface area contributed by atoms with Crippen molar-refractivity contribution in [3.63, 3.8) is 0 Å². The van der Waals surface area contributed by atoms with Crippen molar-refractivity contribution in [3.8, 4) is 16.9 Å². The topological polar surface area (TPSA) is 69.3 Å². The van der Waals surface area contributed by atoms with Gasteiger partial charge in [-0.1, -0.05) is 35.9 Å². The van der Waals surface area contributed by atoms with E-state index in [-0.39, 0.29) is 11.7 Å². The second-order valence-electron chi connectivity index (χ2n) is 9.65. The number of hydrogen-bond acceptors (Lipinski definition) is 6. The van der Waals surface area contributed by atoms with Crippen LogP contribution in [0.1, 0.15) is 44.2 Å². The first kappa shape index (κ1) is 20.3. The molecule has 0 amide bonds. The smallest absolute Gasteiger partial charge is 0.221 e. The summed E-state index contributed by atoms with van der Waals surface area (Å²) in [7, 11) is 1.81. The first-order chi connectivity index (χ1) is 14.7. The third-order valence-electron chi connectivity index (χ3n) is 6.67. The Bertz CT molecular complexity index is 1030. The lowest BCUT2D eigenvalue weighted by Crippen LogP contribution is -2.46. The number of benzene rings is 2. The monoisotopic (exact) mass is 421 g/mol. The molecule has 0 saturated carbocycles. The van der Waals surface area contributed by atoms with E-state index in [0.717, 1.165) is 41.9 Å². The van der Waals surface area contributed by atoms with Gasteiger partial charge in [-0.05, 0) is 56.9 Å². The van der Waals surface area contributed by atoms with Gasteiger partial charge >= 0.3 is 0 Å². The zero-order chi connectivity index (χ0) is 21.8. The second kappa shape index (κ2) is 7.24. The van der Waals surface area contributed by atoms with E-state index in [9.17, 15) is 0 Å². The van der Waals surface area contributed by atoms with Crippen molar-refractivity contribution in [2.24, 2.45) is 16.6 Å². The van der Waals surface area contributed by atoms with Crippen LogP contribution in [0.25, 0.3) is 11.1 Å². The Morgan fingerprint density at radius 2 is 1.90 bits per heavy atom. The van der Waals surface area contributed by atoms with E-state index in [1.54, 1.807) is 12.1 Å². The van der Waals surface area contributed by atoms with Gasteiger partial charge in [0.25, 0.3) is 0 Å². The van der Waals surface area contributed by atoms with Crippen molar-refractivity contribution in [3.05, 3.63) is 53.6 Å². The number of nitrogens with two attached hydrogens (primary N) is 1. The zero-order valence-corrected chi connectivity index (χ0v) is 18.7. The molecule has 6 heteroatoms. The molecule has 0 radical (unpaired) electrons. The highest BCUT2D eigenvalue weighted by Gasteiger charge is 2.51. The molecule has 3 aliphatic rings. The van der Waals surface area contributed by atoms with Gasteiger partial charge in [0.05, 0.1) is 11.2 Å². The van der Waals surface area contributed by atoms with Crippen molar-refractivity contribution < 1.29 is 14.3 Å². The maximum Gasteiger partial charge on any atom is 0.221 e. The Balaban J connectivity index is 1.56. The molecule has 2 aromatic rings. The predicted octanol–water partition coefficient (Wildman–Crippen LogP) is 4.36. The number of nitrogens with zero attached hydrogens (tertiary/aromatic N) is 2. The Morgan fingerprint density at radius 3 is 2.61 bits per heavy atom. The van der Waals surface area contributed by atoms with Crippen LogP contribution in [0.2, 0.25) is 0 Å². The molecule has 0 bridgehead atoms. The molecule has 6 nitrogen and oxygen atoms in total. The Kier molecular flexibility index (Phi) is 4.75. The fraction of sp³-hybridized carbons (Fsp3) is 0.480. The molecule has 31 heavy (non-hydrogen) atoms. The highest BCUT2D eigenvalue weighted by Crippen LogP contribution is 2.49. The van der Waals surface area contributed by atoms with E-state index < -0.39 is 5.72 Å². The van der Waals surface area contributed by atoms with Crippen molar-refractivity contribution in [1.82, 2.24) is 5.06 Å². The minimum atomic E-state index is -0.862. The number of aliphatic imine (C=N–C) groups is 1. The van der Waals surface area contributed by atoms with E-state index in [2.05, 4.69) is 63.2 Å². The summed E-state index contributed by atoms with van der Waals surface area (Å²) in [4.78, 5) is 11.1. The van der Waals surface area contributed by atoms with Gasteiger partial charge in [0.1, 0.15) is 11.9 Å². The lowest BCUT2D eigenvalue weighted by Gasteiger charge is -2.44. The summed E-state index contributed by atoms with van der Waals surface area (Å²) in [6.07, 6.45) is 2.53. The third-order valence-corrected chi connectivity index (χ3v) is 6.67. The highest BCUT2D eigenvalue weighted by atomic mass is 16.7. The van der Waals surface area contributed by atoms with E-state index in [1.807, 2.05) is 0 Å². The molecule has 5 rings (SSSR count). The molecule has 3 unspecified atom stereocenters. The SMILES string of the molecule is Cc1cccc(-c2ccc3c(c2)C2(CC(C4CCOC(C)(C)C4)O3)N=C(N)N(C)O2)c1. The molecule has 1 fully saturated rings. The normalized spacial score (nSPS) is 29.4. The van der Waals surface area contributed by atoms with Crippen LogP contribution in [-0.4, -0.2) is 36.4 Å². The van der Waals surface area contributed by atoms with Crippen LogP contribution in [0.5, 0.6) is 5.75 Å². The van der Waals surface area contributed by atoms with E-state index in [4.69, 9.17) is 25.0 Å². The number of rotatable bonds is 2. The number of hydroxylamine groups is 2. The van der Waals surface area contributed by atoms with Gasteiger partial charge in [0.2, 0.25) is 11.7 Å². The van der Waals surface area contributed by atoms with Gasteiger partial charge in [-0.2, -0.15) is 0 Å². The molecule has 1 saturated heterocycles. The summed E-state index contributed by atoms with van der Waals surface area (Å²) in [5.41, 5.74) is 9.59. The van der Waals surface area contributed by atoms with E-state index >= 15 is 0 Å². The summed E-state index contributed by atoms with van der Waals surface area (Å²) in [6.45, 7) is 7.15. The summed E-state index contributed by atoms with van der Waals surface area (Å²) in [6, 6.07) is 14.8. The van der Waals surface area contributed by atoms with Crippen LogP contribution in [0.4, 0.5) is 0 Å². The van der Waals surface area contributed by atoms with Gasteiger partial charge in [0, 0.05) is 26.0 Å². The summed E-state index contributed by atoms with van der Waals surface area (Å²) in [5, 5.41) is 1.57. The summed E-state index contributed by atoms with van der Waals surface area (Å²) >= 11 is 0. The maximum absolute atomic E-state index is 6.57. The van der Waals surface area contributed by atoms with Crippen LogP contribution in [0.15, 0.2) is 47.5 Å². The number of ether oxygens (including phenoxy) is 2. The van der Waals surface area contributed by atoms with Crippen LogP contribution in [-0.2, 0) is 15.3 Å². The summed E-state index contributed by atoms with van der Waals surface area (Å²) < 4.78 is 12.5. The first-order valence-electron chi connectivity index (χ1n) is 11.1. The van der Waals surface area contributed by atoms with Crippen LogP contribution >= 0.6 is 0 Å². The zero-order valence-electron chi connectivity index (χ0n) is 18.7. The minimum Gasteiger partial charge on any atom is -0.489 e. The molecule has 1 spiro atoms. The number of guanidine groups is 1.